The second kappa shape index (κ2) is 2.67. The molecule has 1 rings (SSSR count). The Balaban J connectivity index is 3.20. The summed E-state index contributed by atoms with van der Waals surface area (Å²) in [4.78, 5) is 21.0. The molecule has 58 valence electrons. The van der Waals surface area contributed by atoms with Crippen molar-refractivity contribution < 1.29 is 9.59 Å². The molecule has 1 aromatic rings. The number of nitrogens with zero attached hydrogens (tertiary/aromatic N) is 1. The molecule has 0 saturated carbocycles. The molecule has 5 nitrogen and oxygen atoms in total. The highest BCUT2D eigenvalue weighted by Crippen LogP contribution is 2.18. The topological polar surface area (TPSA) is 99.1 Å². The third-order valence-corrected chi connectivity index (χ3v) is 1.88. The monoisotopic (exact) mass is 171 g/mol. The zero-order valence-corrected chi connectivity index (χ0v) is 6.22. The summed E-state index contributed by atoms with van der Waals surface area (Å²) in [6, 6.07) is 0. The maximum atomic E-state index is 10.5. The van der Waals surface area contributed by atoms with Crippen LogP contribution in [0.15, 0.2) is 0 Å². The van der Waals surface area contributed by atoms with E-state index in [9.17, 15) is 9.59 Å². The van der Waals surface area contributed by atoms with Crippen molar-refractivity contribution in [2.45, 2.75) is 0 Å². The number of nitrogens with two attached hydrogens (primary N) is 2. The first kappa shape index (κ1) is 7.67. The van der Waals surface area contributed by atoms with Crippen LogP contribution in [0.2, 0.25) is 0 Å². The molecule has 1 aromatic heterocycles. The molecule has 0 radical (unpaired) electrons. The van der Waals surface area contributed by atoms with E-state index < -0.39 is 5.91 Å². The maximum Gasteiger partial charge on any atom is 0.270 e. The average molecular weight is 171 g/mol. The molecule has 1 amide bonds. The summed E-state index contributed by atoms with van der Waals surface area (Å²) in [7, 11) is 0. The molecule has 0 aromatic carbocycles. The highest BCUT2D eigenvalue weighted by atomic mass is 32.1. The second-order valence-corrected chi connectivity index (χ2v) is 2.60. The van der Waals surface area contributed by atoms with Crippen molar-refractivity contribution >= 4 is 29.4 Å². The first-order valence-electron chi connectivity index (χ1n) is 2.67. The Morgan fingerprint density at radius 1 is 1.64 bits per heavy atom. The zero-order chi connectivity index (χ0) is 8.43. The Morgan fingerprint density at radius 3 is 2.55 bits per heavy atom. The van der Waals surface area contributed by atoms with Gasteiger partial charge in [-0.25, -0.2) is 0 Å². The number of aldehydes is 1. The van der Waals surface area contributed by atoms with Crippen molar-refractivity contribution in [1.82, 2.24) is 4.37 Å². The Bertz CT molecular complexity index is 307. The summed E-state index contributed by atoms with van der Waals surface area (Å²) in [6.07, 6.45) is 0.541. The molecule has 0 saturated heterocycles. The number of hydrogen-bond acceptors (Lipinski definition) is 5. The Hall–Kier alpha value is -1.43. The van der Waals surface area contributed by atoms with Gasteiger partial charge in [-0.05, 0) is 11.5 Å². The second-order valence-electron chi connectivity index (χ2n) is 1.79. The van der Waals surface area contributed by atoms with E-state index in [1.54, 1.807) is 0 Å². The largest absolute Gasteiger partial charge is 0.395 e. The van der Waals surface area contributed by atoms with Crippen molar-refractivity contribution in [2.24, 2.45) is 5.73 Å². The summed E-state index contributed by atoms with van der Waals surface area (Å²) in [6.45, 7) is 0. The lowest BCUT2D eigenvalue weighted by atomic mass is 10.3. The van der Waals surface area contributed by atoms with Gasteiger partial charge in [-0.1, -0.05) is 0 Å². The van der Waals surface area contributed by atoms with Gasteiger partial charge in [0.15, 0.2) is 12.0 Å². The molecular weight excluding hydrogens is 166 g/mol. The van der Waals surface area contributed by atoms with Crippen LogP contribution in [-0.2, 0) is 0 Å². The molecule has 0 unspecified atom stereocenters. The summed E-state index contributed by atoms with van der Waals surface area (Å²) in [5, 5.41) is 0. The van der Waals surface area contributed by atoms with Crippen LogP contribution in [0.1, 0.15) is 20.2 Å². The minimum absolute atomic E-state index is 0.0305. The van der Waals surface area contributed by atoms with E-state index >= 15 is 0 Å². The fourth-order valence-electron chi connectivity index (χ4n) is 0.573. The summed E-state index contributed by atoms with van der Waals surface area (Å²) in [5.74, 6) is -0.716. The molecule has 0 aliphatic carbocycles. The van der Waals surface area contributed by atoms with Crippen molar-refractivity contribution in [3.8, 4) is 0 Å². The Kier molecular flexibility index (Phi) is 1.86. The number of carbonyl (C=O) groups is 2. The summed E-state index contributed by atoms with van der Waals surface area (Å²) >= 11 is 0.861. The molecule has 0 fully saturated rings. The van der Waals surface area contributed by atoms with Gasteiger partial charge in [0.05, 0.1) is 5.69 Å². The quantitative estimate of drug-likeness (QED) is 0.593. The van der Waals surface area contributed by atoms with Crippen LogP contribution in [0.25, 0.3) is 0 Å². The van der Waals surface area contributed by atoms with Crippen molar-refractivity contribution in [3.63, 3.8) is 0 Å². The smallest absolute Gasteiger partial charge is 0.270 e. The molecule has 0 aliphatic rings. The summed E-state index contributed by atoms with van der Waals surface area (Å²) in [5.41, 5.74) is 10.3. The fourth-order valence-corrected chi connectivity index (χ4v) is 1.19. The SMILES string of the molecule is NC(=O)c1nsc(C=O)c1N. The van der Waals surface area contributed by atoms with Crippen molar-refractivity contribution in [2.75, 3.05) is 5.73 Å². The standard InChI is InChI=1S/C5H5N3O2S/c6-3-2(1-9)11-8-4(3)5(7)10/h1H,6H2,(H2,7,10). The van der Waals surface area contributed by atoms with Gasteiger partial charge in [0.2, 0.25) is 0 Å². The highest BCUT2D eigenvalue weighted by Gasteiger charge is 2.13. The molecule has 11 heavy (non-hydrogen) atoms. The Morgan fingerprint density at radius 2 is 2.27 bits per heavy atom. The van der Waals surface area contributed by atoms with Gasteiger partial charge in [0, 0.05) is 0 Å². The van der Waals surface area contributed by atoms with Crippen LogP contribution in [-0.4, -0.2) is 16.6 Å². The Labute approximate surface area is 66.2 Å². The van der Waals surface area contributed by atoms with E-state index in [-0.39, 0.29) is 16.3 Å². The van der Waals surface area contributed by atoms with E-state index in [4.69, 9.17) is 11.5 Å². The van der Waals surface area contributed by atoms with Gasteiger partial charge >= 0.3 is 0 Å². The minimum atomic E-state index is -0.716. The first-order chi connectivity index (χ1) is 5.16. The van der Waals surface area contributed by atoms with Crippen LogP contribution >= 0.6 is 11.5 Å². The molecule has 0 atom stereocenters. The molecular formula is C5H5N3O2S. The normalized spacial score (nSPS) is 9.45. The number of primary amides is 1. The molecule has 1 heterocycles. The van der Waals surface area contributed by atoms with Gasteiger partial charge in [0.1, 0.15) is 4.88 Å². The van der Waals surface area contributed by atoms with Gasteiger partial charge < -0.3 is 11.5 Å². The van der Waals surface area contributed by atoms with E-state index in [1.165, 1.54) is 0 Å². The molecule has 6 heteroatoms. The van der Waals surface area contributed by atoms with Crippen LogP contribution in [0, 0.1) is 0 Å². The minimum Gasteiger partial charge on any atom is -0.395 e. The van der Waals surface area contributed by atoms with Gasteiger partial charge in [-0.2, -0.15) is 4.37 Å². The highest BCUT2D eigenvalue weighted by molar-refractivity contribution is 7.08. The lowest BCUT2D eigenvalue weighted by Crippen LogP contribution is -2.13. The van der Waals surface area contributed by atoms with Gasteiger partial charge in [0.25, 0.3) is 5.91 Å². The van der Waals surface area contributed by atoms with E-state index in [0.29, 0.717) is 6.29 Å². The number of nitrogen functional groups attached to an aromatic ring is 1. The maximum absolute atomic E-state index is 10.5. The van der Waals surface area contributed by atoms with Crippen LogP contribution in [0.4, 0.5) is 5.69 Å². The van der Waals surface area contributed by atoms with Crippen LogP contribution in [0.5, 0.6) is 0 Å². The number of aromatic nitrogens is 1. The molecule has 0 bridgehead atoms. The van der Waals surface area contributed by atoms with E-state index in [1.807, 2.05) is 0 Å². The van der Waals surface area contributed by atoms with Gasteiger partial charge in [-0.3, -0.25) is 9.59 Å². The average Bonchev–Trinajstić information content (AvgIpc) is 2.30. The summed E-state index contributed by atoms with van der Waals surface area (Å²) < 4.78 is 3.60. The number of rotatable bonds is 2. The molecule has 0 aliphatic heterocycles. The zero-order valence-electron chi connectivity index (χ0n) is 5.40. The predicted octanol–water partition coefficient (Wildman–Crippen LogP) is -0.363. The van der Waals surface area contributed by atoms with Crippen LogP contribution < -0.4 is 11.5 Å². The number of hydrogen-bond donors (Lipinski definition) is 2. The number of anilines is 1. The molecule has 0 spiro atoms. The van der Waals surface area contributed by atoms with Crippen molar-refractivity contribution in [3.05, 3.63) is 10.6 Å². The van der Waals surface area contributed by atoms with E-state index in [2.05, 4.69) is 4.37 Å². The van der Waals surface area contributed by atoms with E-state index in [0.717, 1.165) is 11.5 Å². The third kappa shape index (κ3) is 1.20. The predicted molar refractivity (Wildman–Crippen MR) is 40.4 cm³/mol. The van der Waals surface area contributed by atoms with Crippen LogP contribution in [0.3, 0.4) is 0 Å². The van der Waals surface area contributed by atoms with Gasteiger partial charge in [-0.15, -0.1) is 0 Å². The van der Waals surface area contributed by atoms with Crippen molar-refractivity contribution in [1.29, 1.82) is 0 Å². The third-order valence-electron chi connectivity index (χ3n) is 1.10. The lowest BCUT2D eigenvalue weighted by molar-refractivity contribution is 0.0997. The lowest BCUT2D eigenvalue weighted by Gasteiger charge is -1.88. The molecule has 4 N–H and O–H groups in total. The fraction of sp³-hybridized carbons (Fsp3) is 0. The number of carbonyl (C=O) groups excluding carboxylic acids is 2. The number of amides is 1. The first-order valence-corrected chi connectivity index (χ1v) is 3.44.